The van der Waals surface area contributed by atoms with Crippen molar-refractivity contribution in [1.29, 1.82) is 0 Å². The summed E-state index contributed by atoms with van der Waals surface area (Å²) in [5.41, 5.74) is 0. The lowest BCUT2D eigenvalue weighted by molar-refractivity contribution is -0.279. The Balaban J connectivity index is 3.94. The van der Waals surface area contributed by atoms with Gasteiger partial charge in [0.15, 0.2) is 0 Å². The topological polar surface area (TPSA) is 32.7 Å². The van der Waals surface area contributed by atoms with Crippen LogP contribution < -0.4 is 0 Å². The van der Waals surface area contributed by atoms with E-state index in [0.29, 0.717) is 13.0 Å². The van der Waals surface area contributed by atoms with Crippen LogP contribution in [0.4, 0.5) is 0 Å². The van der Waals surface area contributed by atoms with E-state index in [1.54, 1.807) is 19.0 Å². The highest BCUT2D eigenvalue weighted by Crippen LogP contribution is 2.13. The molecule has 0 aliphatic rings. The Morgan fingerprint density at radius 3 is 2.00 bits per heavy atom. The van der Waals surface area contributed by atoms with Gasteiger partial charge in [0.05, 0.1) is 0 Å². The van der Waals surface area contributed by atoms with Crippen molar-refractivity contribution in [2.75, 3.05) is 20.7 Å². The monoisotopic (exact) mass is 147 g/mol. The standard InChI is InChI=1S/C7H17NO2/c1-5-7(9,8(3)4)10-6-2/h9H,5-6H2,1-4H3. The van der Waals surface area contributed by atoms with Gasteiger partial charge < -0.3 is 9.84 Å². The molecule has 0 saturated heterocycles. The van der Waals surface area contributed by atoms with E-state index in [0.717, 1.165) is 0 Å². The molecule has 1 N–H and O–H groups in total. The summed E-state index contributed by atoms with van der Waals surface area (Å²) in [7, 11) is 3.58. The average molecular weight is 147 g/mol. The van der Waals surface area contributed by atoms with Gasteiger partial charge in [0.25, 0.3) is 0 Å². The highest BCUT2D eigenvalue weighted by atomic mass is 16.6. The van der Waals surface area contributed by atoms with Gasteiger partial charge in [-0.1, -0.05) is 6.92 Å². The number of aliphatic hydroxyl groups is 1. The maximum atomic E-state index is 9.60. The summed E-state index contributed by atoms with van der Waals surface area (Å²) in [5.74, 6) is -1.07. The predicted molar refractivity (Wildman–Crippen MR) is 40.6 cm³/mol. The first-order valence-electron chi connectivity index (χ1n) is 3.60. The molecule has 0 aromatic heterocycles. The van der Waals surface area contributed by atoms with Crippen LogP contribution in [0.15, 0.2) is 0 Å². The summed E-state index contributed by atoms with van der Waals surface area (Å²) >= 11 is 0. The van der Waals surface area contributed by atoms with Crippen molar-refractivity contribution in [3.8, 4) is 0 Å². The lowest BCUT2D eigenvalue weighted by Gasteiger charge is -2.32. The molecule has 10 heavy (non-hydrogen) atoms. The van der Waals surface area contributed by atoms with E-state index in [1.165, 1.54) is 0 Å². The van der Waals surface area contributed by atoms with Crippen LogP contribution in [0.25, 0.3) is 0 Å². The third-order valence-corrected chi connectivity index (χ3v) is 1.53. The SMILES string of the molecule is CCOC(O)(CC)N(C)C. The van der Waals surface area contributed by atoms with Gasteiger partial charge in [-0.05, 0) is 21.0 Å². The molecule has 3 nitrogen and oxygen atoms in total. The van der Waals surface area contributed by atoms with Crippen molar-refractivity contribution in [2.24, 2.45) is 0 Å². The van der Waals surface area contributed by atoms with Crippen LogP contribution in [-0.4, -0.2) is 36.6 Å². The zero-order valence-corrected chi connectivity index (χ0v) is 7.22. The number of nitrogens with zero attached hydrogens (tertiary/aromatic N) is 1. The van der Waals surface area contributed by atoms with E-state index in [4.69, 9.17) is 4.74 Å². The molecule has 0 fully saturated rings. The molecule has 1 unspecified atom stereocenters. The maximum absolute atomic E-state index is 9.60. The minimum atomic E-state index is -1.07. The fourth-order valence-electron chi connectivity index (χ4n) is 0.779. The second kappa shape index (κ2) is 3.91. The molecular formula is C7H17NO2. The van der Waals surface area contributed by atoms with Gasteiger partial charge >= 0.3 is 0 Å². The highest BCUT2D eigenvalue weighted by molar-refractivity contribution is 4.59. The largest absolute Gasteiger partial charge is 0.353 e. The molecule has 0 aliphatic heterocycles. The molecule has 3 heteroatoms. The summed E-state index contributed by atoms with van der Waals surface area (Å²) in [6, 6.07) is 0. The second-order valence-corrected chi connectivity index (χ2v) is 2.42. The van der Waals surface area contributed by atoms with Gasteiger partial charge in [-0.15, -0.1) is 0 Å². The fourth-order valence-corrected chi connectivity index (χ4v) is 0.779. The van der Waals surface area contributed by atoms with Gasteiger partial charge in [-0.2, -0.15) is 0 Å². The van der Waals surface area contributed by atoms with Crippen molar-refractivity contribution in [3.63, 3.8) is 0 Å². The molecule has 62 valence electrons. The quantitative estimate of drug-likeness (QED) is 0.592. The molecule has 0 bridgehead atoms. The van der Waals surface area contributed by atoms with Gasteiger partial charge in [0.1, 0.15) is 0 Å². The number of hydrogen-bond donors (Lipinski definition) is 1. The van der Waals surface area contributed by atoms with Crippen LogP contribution in [0.3, 0.4) is 0 Å². The number of ether oxygens (including phenoxy) is 1. The van der Waals surface area contributed by atoms with Gasteiger partial charge in [0.2, 0.25) is 5.91 Å². The Labute approximate surface area is 62.6 Å². The average Bonchev–Trinajstić information content (AvgIpc) is 1.88. The summed E-state index contributed by atoms with van der Waals surface area (Å²) in [4.78, 5) is 1.66. The van der Waals surface area contributed by atoms with Crippen LogP contribution in [0, 0.1) is 0 Å². The Bertz CT molecular complexity index is 95.6. The third kappa shape index (κ3) is 2.25. The van der Waals surface area contributed by atoms with E-state index >= 15 is 0 Å². The molecule has 0 aromatic carbocycles. The normalized spacial score (nSPS) is 17.4. The van der Waals surface area contributed by atoms with E-state index in [9.17, 15) is 5.11 Å². The Morgan fingerprint density at radius 1 is 1.40 bits per heavy atom. The van der Waals surface area contributed by atoms with Gasteiger partial charge in [0, 0.05) is 13.0 Å². The zero-order valence-electron chi connectivity index (χ0n) is 7.22. The Morgan fingerprint density at radius 2 is 1.90 bits per heavy atom. The lowest BCUT2D eigenvalue weighted by Crippen LogP contribution is -2.46. The summed E-state index contributed by atoms with van der Waals surface area (Å²) in [6.45, 7) is 4.28. The van der Waals surface area contributed by atoms with Crippen LogP contribution in [0.1, 0.15) is 20.3 Å². The third-order valence-electron chi connectivity index (χ3n) is 1.53. The first-order valence-corrected chi connectivity index (χ1v) is 3.60. The summed E-state index contributed by atoms with van der Waals surface area (Å²) in [5, 5.41) is 9.60. The lowest BCUT2D eigenvalue weighted by atomic mass is 10.3. The molecule has 1 atom stereocenters. The van der Waals surface area contributed by atoms with Crippen LogP contribution in [0.2, 0.25) is 0 Å². The highest BCUT2D eigenvalue weighted by Gasteiger charge is 2.27. The summed E-state index contributed by atoms with van der Waals surface area (Å²) < 4.78 is 5.12. The molecule has 0 amide bonds. The Hall–Kier alpha value is -0.120. The van der Waals surface area contributed by atoms with E-state index in [1.807, 2.05) is 13.8 Å². The maximum Gasteiger partial charge on any atom is 0.226 e. The van der Waals surface area contributed by atoms with Crippen molar-refractivity contribution in [2.45, 2.75) is 26.2 Å². The smallest absolute Gasteiger partial charge is 0.226 e. The van der Waals surface area contributed by atoms with Gasteiger partial charge in [-0.3, -0.25) is 4.90 Å². The molecule has 0 rings (SSSR count). The molecule has 0 heterocycles. The first kappa shape index (κ1) is 9.88. The van der Waals surface area contributed by atoms with Gasteiger partial charge in [-0.25, -0.2) is 0 Å². The van der Waals surface area contributed by atoms with Crippen molar-refractivity contribution < 1.29 is 9.84 Å². The van der Waals surface area contributed by atoms with Crippen LogP contribution >= 0.6 is 0 Å². The number of rotatable bonds is 4. The number of hydrogen-bond acceptors (Lipinski definition) is 3. The molecule has 0 saturated carbocycles. The first-order chi connectivity index (χ1) is 4.56. The summed E-state index contributed by atoms with van der Waals surface area (Å²) in [6.07, 6.45) is 0.577. The molecular weight excluding hydrogens is 130 g/mol. The van der Waals surface area contributed by atoms with Crippen LogP contribution in [-0.2, 0) is 4.74 Å². The van der Waals surface area contributed by atoms with E-state index in [2.05, 4.69) is 0 Å². The molecule has 0 aliphatic carbocycles. The van der Waals surface area contributed by atoms with Crippen LogP contribution in [0.5, 0.6) is 0 Å². The van der Waals surface area contributed by atoms with E-state index < -0.39 is 5.91 Å². The van der Waals surface area contributed by atoms with Crippen molar-refractivity contribution >= 4 is 0 Å². The van der Waals surface area contributed by atoms with Crippen molar-refractivity contribution in [3.05, 3.63) is 0 Å². The molecule has 0 aromatic rings. The fraction of sp³-hybridized carbons (Fsp3) is 1.00. The zero-order chi connectivity index (χ0) is 8.20. The van der Waals surface area contributed by atoms with E-state index in [-0.39, 0.29) is 0 Å². The minimum absolute atomic E-state index is 0.530. The predicted octanol–water partition coefficient (Wildman–Crippen LogP) is 0.641. The molecule has 0 spiro atoms. The second-order valence-electron chi connectivity index (χ2n) is 2.42. The molecule has 0 radical (unpaired) electrons. The Kier molecular flexibility index (Phi) is 3.86. The minimum Gasteiger partial charge on any atom is -0.353 e. The van der Waals surface area contributed by atoms with Crippen molar-refractivity contribution in [1.82, 2.24) is 4.90 Å².